The monoisotopic (exact) mass is 658 g/mol. The molecule has 0 aromatic carbocycles. The average molecular weight is 659 g/mol. The predicted octanol–water partition coefficient (Wildman–Crippen LogP) is 3.84. The van der Waals surface area contributed by atoms with Gasteiger partial charge in [-0.15, -0.1) is 0 Å². The normalized spacial score (nSPS) is 20.9. The standard InChI is InChI=1S/C28H32F6N8O4/c1-15(9-28(32,33)34)46-26(44)41-12-19(29)20(13-41)39-24(43)18-7-16(10-36-25(18)45-2)21-8-17(22-23(35)37-14-38-42(21)22)11-40-5-3-27(30,31)4-6-40/h7-8,10,14-15,19-20H,3-6,9,11-13H2,1-2H3,(H,39,43)(H2,35,37,38)/t15?,19?,20-/m1/s1. The van der Waals surface area contributed by atoms with Gasteiger partial charge in [-0.25, -0.2) is 32.4 Å². The van der Waals surface area contributed by atoms with Crippen LogP contribution in [0.2, 0.25) is 0 Å². The Labute approximate surface area is 258 Å². The van der Waals surface area contributed by atoms with Gasteiger partial charge in [0.05, 0.1) is 31.8 Å². The van der Waals surface area contributed by atoms with E-state index in [2.05, 4.69) is 20.4 Å². The number of piperidine rings is 1. The van der Waals surface area contributed by atoms with E-state index in [1.54, 1.807) is 6.07 Å². The molecule has 5 rings (SSSR count). The van der Waals surface area contributed by atoms with Crippen molar-refractivity contribution in [2.45, 2.75) is 63.1 Å². The van der Waals surface area contributed by atoms with E-state index in [1.165, 1.54) is 30.2 Å². The first-order chi connectivity index (χ1) is 21.6. The summed E-state index contributed by atoms with van der Waals surface area (Å²) in [5.74, 6) is -3.43. The fraction of sp³-hybridized carbons (Fsp3) is 0.536. The molecular formula is C28H32F6N8O4. The van der Waals surface area contributed by atoms with Crippen molar-refractivity contribution in [1.82, 2.24) is 34.7 Å². The number of nitrogens with zero attached hydrogens (tertiary/aromatic N) is 6. The van der Waals surface area contributed by atoms with Crippen molar-refractivity contribution in [1.29, 1.82) is 0 Å². The number of aromatic nitrogens is 4. The molecule has 2 amide bonds. The molecule has 2 saturated heterocycles. The zero-order chi connectivity index (χ0) is 33.4. The van der Waals surface area contributed by atoms with E-state index in [0.29, 0.717) is 28.9 Å². The second-order valence-corrected chi connectivity index (χ2v) is 11.4. The Kier molecular flexibility index (Phi) is 9.19. The first kappa shape index (κ1) is 33.0. The summed E-state index contributed by atoms with van der Waals surface area (Å²) in [6.07, 6.45) is -8.12. The molecule has 0 bridgehead atoms. The van der Waals surface area contributed by atoms with Gasteiger partial charge in [0.15, 0.2) is 5.82 Å². The molecule has 5 heterocycles. The molecule has 2 aliphatic heterocycles. The first-order valence-corrected chi connectivity index (χ1v) is 14.4. The Hall–Kier alpha value is -4.35. The minimum Gasteiger partial charge on any atom is -0.480 e. The molecule has 250 valence electrons. The zero-order valence-corrected chi connectivity index (χ0v) is 24.9. The molecule has 0 aliphatic carbocycles. The lowest BCUT2D eigenvalue weighted by Gasteiger charge is -2.31. The van der Waals surface area contributed by atoms with Gasteiger partial charge in [-0.3, -0.25) is 9.69 Å². The number of halogens is 6. The second-order valence-electron chi connectivity index (χ2n) is 11.4. The van der Waals surface area contributed by atoms with Crippen LogP contribution in [-0.4, -0.2) is 105 Å². The maximum atomic E-state index is 14.9. The number of likely N-dealkylation sites (tertiary alicyclic amines) is 2. The lowest BCUT2D eigenvalue weighted by atomic mass is 10.1. The van der Waals surface area contributed by atoms with E-state index in [-0.39, 0.29) is 49.7 Å². The Morgan fingerprint density at radius 1 is 1.17 bits per heavy atom. The number of carbonyl (C=O) groups is 2. The molecule has 12 nitrogen and oxygen atoms in total. The smallest absolute Gasteiger partial charge is 0.410 e. The average Bonchev–Trinajstić information content (AvgIpc) is 3.53. The van der Waals surface area contributed by atoms with E-state index in [9.17, 15) is 35.9 Å². The topological polar surface area (TPSA) is 140 Å². The Bertz CT molecular complexity index is 1590. The molecular weight excluding hydrogens is 626 g/mol. The highest BCUT2D eigenvalue weighted by Crippen LogP contribution is 2.33. The van der Waals surface area contributed by atoms with Gasteiger partial charge in [0.1, 0.15) is 29.7 Å². The third-order valence-corrected chi connectivity index (χ3v) is 7.87. The minimum atomic E-state index is -4.55. The number of hydrogen-bond donors (Lipinski definition) is 2. The van der Waals surface area contributed by atoms with Crippen molar-refractivity contribution in [2.24, 2.45) is 0 Å². The minimum absolute atomic E-state index is 0.0798. The number of pyridine rings is 1. The molecule has 0 radical (unpaired) electrons. The van der Waals surface area contributed by atoms with Crippen LogP contribution in [0, 0.1) is 0 Å². The molecule has 3 atom stereocenters. The maximum absolute atomic E-state index is 14.9. The second kappa shape index (κ2) is 12.8. The van der Waals surface area contributed by atoms with Crippen LogP contribution in [0.5, 0.6) is 5.88 Å². The number of carbonyl (C=O) groups excluding carboxylic acids is 2. The molecule has 46 heavy (non-hydrogen) atoms. The molecule has 3 N–H and O–H groups in total. The van der Waals surface area contributed by atoms with E-state index in [4.69, 9.17) is 15.2 Å². The van der Waals surface area contributed by atoms with Crippen LogP contribution < -0.4 is 15.8 Å². The van der Waals surface area contributed by atoms with Crippen molar-refractivity contribution in [3.8, 4) is 17.1 Å². The molecule has 0 saturated carbocycles. The highest BCUT2D eigenvalue weighted by molar-refractivity contribution is 5.98. The van der Waals surface area contributed by atoms with Crippen LogP contribution in [0.15, 0.2) is 24.7 Å². The number of nitrogens with one attached hydrogen (secondary N) is 1. The highest BCUT2D eigenvalue weighted by atomic mass is 19.4. The van der Waals surface area contributed by atoms with Crippen molar-refractivity contribution >= 4 is 23.3 Å². The summed E-state index contributed by atoms with van der Waals surface area (Å²) >= 11 is 0. The lowest BCUT2D eigenvalue weighted by molar-refractivity contribution is -0.152. The summed E-state index contributed by atoms with van der Waals surface area (Å²) in [6, 6.07) is 1.99. The van der Waals surface area contributed by atoms with Gasteiger partial charge in [0.2, 0.25) is 5.88 Å². The van der Waals surface area contributed by atoms with E-state index < -0.39 is 55.4 Å². The zero-order valence-electron chi connectivity index (χ0n) is 24.9. The summed E-state index contributed by atoms with van der Waals surface area (Å²) in [5.41, 5.74) is 8.07. The molecule has 2 fully saturated rings. The number of rotatable bonds is 8. The van der Waals surface area contributed by atoms with Crippen molar-refractivity contribution in [2.75, 3.05) is 39.0 Å². The van der Waals surface area contributed by atoms with Crippen LogP contribution >= 0.6 is 0 Å². The Morgan fingerprint density at radius 2 is 1.89 bits per heavy atom. The van der Waals surface area contributed by atoms with Crippen LogP contribution in [0.4, 0.5) is 37.0 Å². The first-order valence-electron chi connectivity index (χ1n) is 14.4. The van der Waals surface area contributed by atoms with Gasteiger partial charge in [-0.1, -0.05) is 0 Å². The number of anilines is 1. The van der Waals surface area contributed by atoms with E-state index in [1.807, 2.05) is 4.90 Å². The van der Waals surface area contributed by atoms with Crippen LogP contribution in [0.3, 0.4) is 0 Å². The third-order valence-electron chi connectivity index (χ3n) is 7.87. The van der Waals surface area contributed by atoms with Crippen molar-refractivity contribution in [3.05, 3.63) is 35.8 Å². The number of amides is 2. The highest BCUT2D eigenvalue weighted by Gasteiger charge is 2.39. The number of methoxy groups -OCH3 is 1. The van der Waals surface area contributed by atoms with Crippen LogP contribution in [0.25, 0.3) is 16.8 Å². The molecule has 3 aromatic heterocycles. The van der Waals surface area contributed by atoms with Gasteiger partial charge in [-0.05, 0) is 24.6 Å². The maximum Gasteiger partial charge on any atom is 0.410 e. The van der Waals surface area contributed by atoms with Gasteiger partial charge < -0.3 is 25.4 Å². The van der Waals surface area contributed by atoms with Gasteiger partial charge in [0, 0.05) is 50.8 Å². The number of nitrogens with two attached hydrogens (primary N) is 1. The number of ether oxygens (including phenoxy) is 2. The van der Waals surface area contributed by atoms with Crippen LogP contribution in [-0.2, 0) is 11.3 Å². The quantitative estimate of drug-likeness (QED) is 0.346. The number of hydrogen-bond acceptors (Lipinski definition) is 9. The molecule has 2 aliphatic rings. The number of alkyl halides is 6. The number of fused-ring (bicyclic) bond motifs is 1. The fourth-order valence-corrected chi connectivity index (χ4v) is 5.58. The predicted molar refractivity (Wildman–Crippen MR) is 151 cm³/mol. The Morgan fingerprint density at radius 3 is 2.57 bits per heavy atom. The third kappa shape index (κ3) is 7.37. The van der Waals surface area contributed by atoms with Gasteiger partial charge >= 0.3 is 12.3 Å². The van der Waals surface area contributed by atoms with Crippen molar-refractivity contribution in [3.63, 3.8) is 0 Å². The van der Waals surface area contributed by atoms with Crippen molar-refractivity contribution < 1.29 is 45.4 Å². The van der Waals surface area contributed by atoms with Gasteiger partial charge in [-0.2, -0.15) is 18.3 Å². The Balaban J connectivity index is 1.35. The largest absolute Gasteiger partial charge is 0.480 e. The molecule has 3 aromatic rings. The van der Waals surface area contributed by atoms with E-state index in [0.717, 1.165) is 11.8 Å². The molecule has 2 unspecified atom stereocenters. The summed E-state index contributed by atoms with van der Waals surface area (Å²) < 4.78 is 91.7. The summed E-state index contributed by atoms with van der Waals surface area (Å²) in [6.45, 7) is 0.895. The number of nitrogen functional groups attached to an aromatic ring is 1. The van der Waals surface area contributed by atoms with E-state index >= 15 is 0 Å². The molecule has 0 spiro atoms. The lowest BCUT2D eigenvalue weighted by Crippen LogP contribution is -2.42. The SMILES string of the molecule is COc1ncc(-c2cc(CN3CCC(F)(F)CC3)c3c(N)ncnn23)cc1C(=O)N[C@@H]1CN(C(=O)OC(C)CC(F)(F)F)CC1F. The summed E-state index contributed by atoms with van der Waals surface area (Å²) in [5, 5.41) is 6.80. The van der Waals surface area contributed by atoms with Crippen LogP contribution in [0.1, 0.15) is 42.1 Å². The summed E-state index contributed by atoms with van der Waals surface area (Å²) in [7, 11) is 1.28. The fourth-order valence-electron chi connectivity index (χ4n) is 5.58. The molecule has 18 heteroatoms. The van der Waals surface area contributed by atoms with Gasteiger partial charge in [0.25, 0.3) is 11.8 Å². The summed E-state index contributed by atoms with van der Waals surface area (Å²) in [4.78, 5) is 36.8.